The Hall–Kier alpha value is -3.11. The molecule has 0 saturated carbocycles. The van der Waals surface area contributed by atoms with E-state index in [2.05, 4.69) is 10.6 Å². The molecule has 30 heavy (non-hydrogen) atoms. The van der Waals surface area contributed by atoms with Gasteiger partial charge in [0.1, 0.15) is 0 Å². The van der Waals surface area contributed by atoms with E-state index in [4.69, 9.17) is 9.47 Å². The zero-order valence-electron chi connectivity index (χ0n) is 16.8. The molecule has 3 rings (SSSR count). The van der Waals surface area contributed by atoms with E-state index in [1.54, 1.807) is 42.3 Å². The number of imide groups is 1. The first kappa shape index (κ1) is 21.6. The molecule has 2 N–H and O–H groups in total. The predicted molar refractivity (Wildman–Crippen MR) is 110 cm³/mol. The van der Waals surface area contributed by atoms with Crippen LogP contribution in [0.15, 0.2) is 47.4 Å². The number of nitrogens with zero attached hydrogens (tertiary/aromatic N) is 1. The Balaban J connectivity index is 1.52. The number of carbonyl (C=O) groups excluding carboxylic acids is 2. The number of amides is 3. The lowest BCUT2D eigenvalue weighted by Crippen LogP contribution is -2.41. The van der Waals surface area contributed by atoms with Gasteiger partial charge in [-0.05, 0) is 43.8 Å². The second-order valence-electron chi connectivity index (χ2n) is 7.00. The third kappa shape index (κ3) is 5.28. The molecule has 1 aliphatic heterocycles. The highest BCUT2D eigenvalue weighted by atomic mass is 32.2. The van der Waals surface area contributed by atoms with Gasteiger partial charge in [-0.15, -0.1) is 0 Å². The summed E-state index contributed by atoms with van der Waals surface area (Å²) in [4.78, 5) is 26.3. The molecule has 0 saturated heterocycles. The van der Waals surface area contributed by atoms with E-state index in [0.717, 1.165) is 11.8 Å². The van der Waals surface area contributed by atoms with Crippen LogP contribution in [0.2, 0.25) is 0 Å². The molecule has 2 aromatic rings. The number of benzene rings is 2. The molecular weight excluding hydrogens is 410 g/mol. The third-order valence-electron chi connectivity index (χ3n) is 4.73. The molecule has 0 aliphatic carbocycles. The van der Waals surface area contributed by atoms with Gasteiger partial charge in [0.25, 0.3) is 0 Å². The summed E-state index contributed by atoms with van der Waals surface area (Å²) in [5.74, 6) is 0.641. The molecule has 10 heteroatoms. The smallest absolute Gasteiger partial charge is 0.325 e. The Kier molecular flexibility index (Phi) is 6.28. The third-order valence-corrected chi connectivity index (χ3v) is 5.86. The van der Waals surface area contributed by atoms with E-state index >= 15 is 0 Å². The van der Waals surface area contributed by atoms with Crippen molar-refractivity contribution in [2.24, 2.45) is 0 Å². The number of hydrogen-bond acceptors (Lipinski definition) is 7. The van der Waals surface area contributed by atoms with Crippen molar-refractivity contribution in [2.45, 2.75) is 17.9 Å². The molecule has 1 aliphatic rings. The summed E-state index contributed by atoms with van der Waals surface area (Å²) in [6.07, 6.45) is 1.15. The van der Waals surface area contributed by atoms with Gasteiger partial charge in [-0.3, -0.25) is 15.0 Å². The fourth-order valence-corrected chi connectivity index (χ4v) is 3.54. The van der Waals surface area contributed by atoms with Crippen molar-refractivity contribution >= 4 is 27.5 Å². The molecule has 0 spiro atoms. The van der Waals surface area contributed by atoms with E-state index < -0.39 is 21.8 Å². The van der Waals surface area contributed by atoms with Crippen molar-refractivity contribution in [1.29, 1.82) is 0 Å². The SMILES string of the molecule is CC(c1ccc(S(C)(=O)=O)cc1)N(C)CC(=O)NC(=O)Nc1ccc2c(c1)OCO2. The van der Waals surface area contributed by atoms with Crippen LogP contribution in [0.25, 0.3) is 0 Å². The summed E-state index contributed by atoms with van der Waals surface area (Å²) in [6.45, 7) is 1.99. The minimum atomic E-state index is -3.26. The molecule has 0 bridgehead atoms. The number of fused-ring (bicyclic) bond motifs is 1. The van der Waals surface area contributed by atoms with Crippen LogP contribution in [0, 0.1) is 0 Å². The topological polar surface area (TPSA) is 114 Å². The molecule has 0 radical (unpaired) electrons. The number of ether oxygens (including phenoxy) is 2. The van der Waals surface area contributed by atoms with Gasteiger partial charge in [0.15, 0.2) is 21.3 Å². The van der Waals surface area contributed by atoms with Crippen LogP contribution in [0.4, 0.5) is 10.5 Å². The van der Waals surface area contributed by atoms with Gasteiger partial charge in [0, 0.05) is 24.1 Å². The fraction of sp³-hybridized carbons (Fsp3) is 0.300. The second kappa shape index (κ2) is 8.72. The standard InChI is InChI=1S/C20H23N3O6S/c1-13(14-4-7-16(8-5-14)30(3,26)27)23(2)11-19(24)22-20(25)21-15-6-9-17-18(10-15)29-12-28-17/h4-10,13H,11-12H2,1-3H3,(H2,21,22,24,25). The van der Waals surface area contributed by atoms with Crippen molar-refractivity contribution in [3.63, 3.8) is 0 Å². The highest BCUT2D eigenvalue weighted by Gasteiger charge is 2.18. The lowest BCUT2D eigenvalue weighted by molar-refractivity contribution is -0.121. The van der Waals surface area contributed by atoms with E-state index in [1.807, 2.05) is 6.92 Å². The van der Waals surface area contributed by atoms with Crippen LogP contribution >= 0.6 is 0 Å². The van der Waals surface area contributed by atoms with E-state index in [-0.39, 0.29) is 24.3 Å². The average Bonchev–Trinajstić information content (AvgIpc) is 3.14. The van der Waals surface area contributed by atoms with Gasteiger partial charge >= 0.3 is 6.03 Å². The van der Waals surface area contributed by atoms with Gasteiger partial charge < -0.3 is 14.8 Å². The summed E-state index contributed by atoms with van der Waals surface area (Å²) in [5, 5.41) is 4.86. The number of urea groups is 1. The maximum Gasteiger partial charge on any atom is 0.325 e. The van der Waals surface area contributed by atoms with Gasteiger partial charge in [-0.1, -0.05) is 12.1 Å². The van der Waals surface area contributed by atoms with E-state index in [1.165, 1.54) is 12.1 Å². The molecule has 0 aromatic heterocycles. The molecule has 1 unspecified atom stereocenters. The summed E-state index contributed by atoms with van der Waals surface area (Å²) >= 11 is 0. The predicted octanol–water partition coefficient (Wildman–Crippen LogP) is 2.16. The highest BCUT2D eigenvalue weighted by Crippen LogP contribution is 2.34. The summed E-state index contributed by atoms with van der Waals surface area (Å²) in [6, 6.07) is 10.6. The normalized spacial score (nSPS) is 13.7. The van der Waals surface area contributed by atoms with Crippen LogP contribution in [-0.4, -0.2) is 51.9 Å². The molecule has 9 nitrogen and oxygen atoms in total. The Morgan fingerprint density at radius 3 is 2.43 bits per heavy atom. The lowest BCUT2D eigenvalue weighted by atomic mass is 10.1. The van der Waals surface area contributed by atoms with Crippen LogP contribution in [0.5, 0.6) is 11.5 Å². The maximum atomic E-state index is 12.2. The molecule has 160 valence electrons. The Labute approximate surface area is 174 Å². The fourth-order valence-electron chi connectivity index (χ4n) is 2.91. The first-order valence-electron chi connectivity index (χ1n) is 9.14. The average molecular weight is 433 g/mol. The first-order chi connectivity index (χ1) is 14.1. The molecule has 2 aromatic carbocycles. The molecular formula is C20H23N3O6S. The van der Waals surface area contributed by atoms with Crippen molar-refractivity contribution < 1.29 is 27.5 Å². The van der Waals surface area contributed by atoms with Gasteiger partial charge in [0.2, 0.25) is 12.7 Å². The maximum absolute atomic E-state index is 12.2. The Morgan fingerprint density at radius 2 is 1.77 bits per heavy atom. The monoisotopic (exact) mass is 433 g/mol. The van der Waals surface area contributed by atoms with Gasteiger partial charge in [-0.25, -0.2) is 13.2 Å². The molecule has 1 heterocycles. The zero-order chi connectivity index (χ0) is 21.9. The number of carbonyl (C=O) groups is 2. The highest BCUT2D eigenvalue weighted by molar-refractivity contribution is 7.90. The lowest BCUT2D eigenvalue weighted by Gasteiger charge is -2.24. The van der Waals surface area contributed by atoms with E-state index in [9.17, 15) is 18.0 Å². The minimum Gasteiger partial charge on any atom is -0.454 e. The quantitative estimate of drug-likeness (QED) is 0.717. The van der Waals surface area contributed by atoms with Gasteiger partial charge in [0.05, 0.1) is 11.4 Å². The Bertz CT molecular complexity index is 1050. The van der Waals surface area contributed by atoms with Crippen LogP contribution in [0.1, 0.15) is 18.5 Å². The number of anilines is 1. The molecule has 3 amide bonds. The van der Waals surface area contributed by atoms with Gasteiger partial charge in [-0.2, -0.15) is 0 Å². The van der Waals surface area contributed by atoms with E-state index in [0.29, 0.717) is 17.2 Å². The van der Waals surface area contributed by atoms with Crippen molar-refractivity contribution in [3.8, 4) is 11.5 Å². The van der Waals surface area contributed by atoms with Crippen molar-refractivity contribution in [2.75, 3.05) is 32.0 Å². The number of sulfone groups is 1. The number of rotatable bonds is 6. The minimum absolute atomic E-state index is 0.0243. The number of nitrogens with one attached hydrogen (secondary N) is 2. The van der Waals surface area contributed by atoms with Crippen molar-refractivity contribution in [1.82, 2.24) is 10.2 Å². The molecule has 1 atom stereocenters. The van der Waals surface area contributed by atoms with Crippen molar-refractivity contribution in [3.05, 3.63) is 48.0 Å². The first-order valence-corrected chi connectivity index (χ1v) is 11.0. The second-order valence-corrected chi connectivity index (χ2v) is 9.02. The van der Waals surface area contributed by atoms with Crippen LogP contribution < -0.4 is 20.1 Å². The summed E-state index contributed by atoms with van der Waals surface area (Å²) in [5.41, 5.74) is 1.32. The summed E-state index contributed by atoms with van der Waals surface area (Å²) in [7, 11) is -1.52. The largest absolute Gasteiger partial charge is 0.454 e. The molecule has 0 fully saturated rings. The number of hydrogen-bond donors (Lipinski definition) is 2. The van der Waals surface area contributed by atoms with Crippen LogP contribution in [0.3, 0.4) is 0 Å². The Morgan fingerprint density at radius 1 is 1.10 bits per heavy atom. The number of likely N-dealkylation sites (N-methyl/N-ethyl adjacent to an activating group) is 1. The summed E-state index contributed by atoms with van der Waals surface area (Å²) < 4.78 is 33.6. The van der Waals surface area contributed by atoms with Crippen LogP contribution in [-0.2, 0) is 14.6 Å². The zero-order valence-corrected chi connectivity index (χ0v) is 17.7.